The van der Waals surface area contributed by atoms with Crippen LogP contribution in [0.15, 0.2) is 64.6 Å². The van der Waals surface area contributed by atoms with E-state index in [-0.39, 0.29) is 23.9 Å². The molecule has 7 heteroatoms. The second-order valence-electron chi connectivity index (χ2n) is 10.2. The summed E-state index contributed by atoms with van der Waals surface area (Å²) in [5.74, 6) is 0.568. The molecule has 5 rings (SSSR count). The molecule has 1 aromatic carbocycles. The van der Waals surface area contributed by atoms with Gasteiger partial charge in [0.1, 0.15) is 5.76 Å². The molecule has 2 aromatic heterocycles. The molecule has 2 amide bonds. The minimum absolute atomic E-state index is 0.00483. The fourth-order valence-electron chi connectivity index (χ4n) is 5.90. The Kier molecular flexibility index (Phi) is 8.41. The highest BCUT2D eigenvalue weighted by molar-refractivity contribution is 7.10. The van der Waals surface area contributed by atoms with Gasteiger partial charge in [-0.15, -0.1) is 11.3 Å². The Morgan fingerprint density at radius 3 is 2.68 bits per heavy atom. The van der Waals surface area contributed by atoms with Crippen molar-refractivity contribution in [3.05, 3.63) is 81.9 Å². The summed E-state index contributed by atoms with van der Waals surface area (Å²) in [6, 6.07) is 15.6. The first-order chi connectivity index (χ1) is 18.2. The van der Waals surface area contributed by atoms with E-state index in [0.29, 0.717) is 12.1 Å². The monoisotopic (exact) mass is 519 g/mol. The second kappa shape index (κ2) is 12.1. The quantitative estimate of drug-likeness (QED) is 0.338. The van der Waals surface area contributed by atoms with Gasteiger partial charge >= 0.3 is 0 Å². The van der Waals surface area contributed by atoms with Crippen LogP contribution in [-0.4, -0.2) is 47.3 Å². The van der Waals surface area contributed by atoms with Crippen molar-refractivity contribution in [1.29, 1.82) is 0 Å². The number of thiophene rings is 1. The predicted octanol–water partition coefficient (Wildman–Crippen LogP) is 5.98. The number of nitrogens with one attached hydrogen (secondary N) is 1. The number of hydrogen-bond donors (Lipinski definition) is 1. The van der Waals surface area contributed by atoms with E-state index in [9.17, 15) is 9.59 Å². The molecule has 1 saturated carbocycles. The second-order valence-corrected chi connectivity index (χ2v) is 11.2. The van der Waals surface area contributed by atoms with Gasteiger partial charge in [0.2, 0.25) is 5.91 Å². The van der Waals surface area contributed by atoms with Crippen LogP contribution < -0.4 is 5.32 Å². The molecule has 1 aliphatic heterocycles. The van der Waals surface area contributed by atoms with Gasteiger partial charge in [-0.05, 0) is 61.0 Å². The standard InChI is InChI=1S/C30H37N3O3S/c1-2-3-17-32(21-23-12-8-19-36-23)18-16-31-29(34)27-24-13-6-7-14-25(24)30(35)33(22-10-4-5-11-22)28(27)26-15-9-20-37-26/h6-9,12-15,19-20,22,27-28H,2-5,10-11,16-18,21H2,1H3,(H,31,34)/t27-,28+/m1/s1. The zero-order chi connectivity index (χ0) is 25.6. The van der Waals surface area contributed by atoms with Gasteiger partial charge in [0.05, 0.1) is 24.8 Å². The molecule has 3 heterocycles. The van der Waals surface area contributed by atoms with E-state index in [1.165, 1.54) is 0 Å². The van der Waals surface area contributed by atoms with Crippen molar-refractivity contribution in [2.45, 2.75) is 70.0 Å². The molecular weight excluding hydrogens is 482 g/mol. The Bertz CT molecular complexity index is 1150. The van der Waals surface area contributed by atoms with E-state index in [1.807, 2.05) is 47.8 Å². The molecule has 37 heavy (non-hydrogen) atoms. The largest absolute Gasteiger partial charge is 0.468 e. The van der Waals surface area contributed by atoms with Crippen molar-refractivity contribution in [3.63, 3.8) is 0 Å². The average Bonchev–Trinajstić information content (AvgIpc) is 3.71. The van der Waals surface area contributed by atoms with Crippen molar-refractivity contribution in [2.75, 3.05) is 19.6 Å². The fourth-order valence-corrected chi connectivity index (χ4v) is 6.76. The van der Waals surface area contributed by atoms with Crippen LogP contribution >= 0.6 is 11.3 Å². The maximum atomic E-state index is 14.0. The Morgan fingerprint density at radius 1 is 1.11 bits per heavy atom. The number of carbonyl (C=O) groups excluding carboxylic acids is 2. The number of unbranched alkanes of at least 4 members (excludes halogenated alkanes) is 1. The van der Waals surface area contributed by atoms with Crippen molar-refractivity contribution in [1.82, 2.24) is 15.1 Å². The van der Waals surface area contributed by atoms with Crippen LogP contribution in [0.4, 0.5) is 0 Å². The van der Waals surface area contributed by atoms with Gasteiger partial charge in [-0.3, -0.25) is 14.5 Å². The third-order valence-electron chi connectivity index (χ3n) is 7.73. The van der Waals surface area contributed by atoms with Crippen LogP contribution in [-0.2, 0) is 11.3 Å². The predicted molar refractivity (Wildman–Crippen MR) is 147 cm³/mol. The van der Waals surface area contributed by atoms with Crippen LogP contribution in [0.25, 0.3) is 0 Å². The Hall–Kier alpha value is -2.90. The molecule has 0 spiro atoms. The third kappa shape index (κ3) is 5.68. The Morgan fingerprint density at radius 2 is 1.95 bits per heavy atom. The number of amides is 2. The van der Waals surface area contributed by atoms with Crippen LogP contribution in [0.2, 0.25) is 0 Å². The van der Waals surface area contributed by atoms with E-state index < -0.39 is 5.92 Å². The third-order valence-corrected chi connectivity index (χ3v) is 8.67. The molecule has 1 N–H and O–H groups in total. The number of hydrogen-bond acceptors (Lipinski definition) is 5. The number of fused-ring (bicyclic) bond motifs is 1. The lowest BCUT2D eigenvalue weighted by atomic mass is 9.80. The molecule has 2 aliphatic rings. The first-order valence-electron chi connectivity index (χ1n) is 13.6. The van der Waals surface area contributed by atoms with Gasteiger partial charge in [0, 0.05) is 29.6 Å². The lowest BCUT2D eigenvalue weighted by Crippen LogP contribution is -2.51. The molecule has 1 aliphatic carbocycles. The highest BCUT2D eigenvalue weighted by Gasteiger charge is 2.47. The Labute approximate surface area is 223 Å². The lowest BCUT2D eigenvalue weighted by molar-refractivity contribution is -0.124. The molecule has 0 radical (unpaired) electrons. The number of furan rings is 1. The topological polar surface area (TPSA) is 65.8 Å². The van der Waals surface area contributed by atoms with Crippen molar-refractivity contribution in [3.8, 4) is 0 Å². The number of carbonyl (C=O) groups is 2. The van der Waals surface area contributed by atoms with Gasteiger partial charge < -0.3 is 14.6 Å². The molecule has 0 unspecified atom stereocenters. The molecular formula is C30H37N3O3S. The summed E-state index contributed by atoms with van der Waals surface area (Å²) in [7, 11) is 0. The summed E-state index contributed by atoms with van der Waals surface area (Å²) < 4.78 is 5.57. The lowest BCUT2D eigenvalue weighted by Gasteiger charge is -2.44. The van der Waals surface area contributed by atoms with Crippen molar-refractivity contribution in [2.24, 2.45) is 0 Å². The van der Waals surface area contributed by atoms with Crippen LogP contribution in [0, 0.1) is 0 Å². The zero-order valence-electron chi connectivity index (χ0n) is 21.6. The first-order valence-corrected chi connectivity index (χ1v) is 14.5. The molecule has 0 bridgehead atoms. The van der Waals surface area contributed by atoms with Crippen molar-refractivity contribution >= 4 is 23.2 Å². The highest BCUT2D eigenvalue weighted by atomic mass is 32.1. The van der Waals surface area contributed by atoms with Gasteiger partial charge in [-0.25, -0.2) is 0 Å². The normalized spacial score (nSPS) is 19.9. The minimum Gasteiger partial charge on any atom is -0.468 e. The van der Waals surface area contributed by atoms with Crippen LogP contribution in [0.3, 0.4) is 0 Å². The maximum Gasteiger partial charge on any atom is 0.254 e. The fraction of sp³-hybridized carbons (Fsp3) is 0.467. The summed E-state index contributed by atoms with van der Waals surface area (Å²) in [5, 5.41) is 5.30. The van der Waals surface area contributed by atoms with Crippen molar-refractivity contribution < 1.29 is 14.0 Å². The van der Waals surface area contributed by atoms with E-state index in [1.54, 1.807) is 17.6 Å². The van der Waals surface area contributed by atoms with Crippen LogP contribution in [0.1, 0.15) is 84.0 Å². The maximum absolute atomic E-state index is 14.0. The number of nitrogens with zero attached hydrogens (tertiary/aromatic N) is 2. The van der Waals surface area contributed by atoms with Gasteiger partial charge in [-0.2, -0.15) is 0 Å². The van der Waals surface area contributed by atoms with Gasteiger partial charge in [-0.1, -0.05) is 50.5 Å². The van der Waals surface area contributed by atoms with E-state index in [4.69, 9.17) is 4.42 Å². The first kappa shape index (κ1) is 25.7. The summed E-state index contributed by atoms with van der Waals surface area (Å²) in [5.41, 5.74) is 1.51. The SMILES string of the molecule is CCCCN(CCNC(=O)[C@@H]1c2ccccc2C(=O)N(C2CCCC2)[C@H]1c1cccs1)Cc1ccco1. The van der Waals surface area contributed by atoms with Gasteiger partial charge in [0.25, 0.3) is 5.91 Å². The minimum atomic E-state index is -0.428. The summed E-state index contributed by atoms with van der Waals surface area (Å²) in [4.78, 5) is 33.2. The zero-order valence-corrected chi connectivity index (χ0v) is 22.4. The highest BCUT2D eigenvalue weighted by Crippen LogP contribution is 2.47. The summed E-state index contributed by atoms with van der Waals surface area (Å²) in [6.45, 7) is 5.18. The molecule has 2 atom stereocenters. The molecule has 0 saturated heterocycles. The number of benzene rings is 1. The van der Waals surface area contributed by atoms with Crippen LogP contribution in [0.5, 0.6) is 0 Å². The van der Waals surface area contributed by atoms with E-state index in [0.717, 1.165) is 74.4 Å². The van der Waals surface area contributed by atoms with E-state index >= 15 is 0 Å². The van der Waals surface area contributed by atoms with E-state index in [2.05, 4.69) is 28.1 Å². The summed E-state index contributed by atoms with van der Waals surface area (Å²) >= 11 is 1.64. The number of rotatable bonds is 11. The summed E-state index contributed by atoms with van der Waals surface area (Å²) in [6.07, 6.45) is 8.20. The molecule has 3 aromatic rings. The smallest absolute Gasteiger partial charge is 0.254 e. The Balaban J connectivity index is 1.38. The molecule has 196 valence electrons. The van der Waals surface area contributed by atoms with Gasteiger partial charge in [0.15, 0.2) is 0 Å². The molecule has 1 fully saturated rings. The molecule has 6 nitrogen and oxygen atoms in total. The average molecular weight is 520 g/mol.